The Bertz CT molecular complexity index is 504. The first kappa shape index (κ1) is 15.6. The smallest absolute Gasteiger partial charge is 0.122 e. The molecule has 2 aromatic rings. The highest BCUT2D eigenvalue weighted by Gasteiger charge is 2.02. The second-order valence-corrected chi connectivity index (χ2v) is 5.50. The van der Waals surface area contributed by atoms with E-state index in [1.165, 1.54) is 30.4 Å². The molecule has 0 atom stereocenters. The van der Waals surface area contributed by atoms with E-state index in [2.05, 4.69) is 61.5 Å². The van der Waals surface area contributed by atoms with Crippen molar-refractivity contribution in [2.75, 3.05) is 6.61 Å². The Kier molecular flexibility index (Phi) is 6.87. The van der Waals surface area contributed by atoms with E-state index in [1.807, 2.05) is 0 Å². The van der Waals surface area contributed by atoms with Crippen molar-refractivity contribution in [2.24, 2.45) is 0 Å². The second kappa shape index (κ2) is 9.23. The monoisotopic (exact) mass is 282 g/mol. The Labute approximate surface area is 129 Å². The van der Waals surface area contributed by atoms with Gasteiger partial charge >= 0.3 is 0 Å². The first-order valence-electron chi connectivity index (χ1n) is 8.15. The number of hydrogen-bond donors (Lipinski definition) is 0. The van der Waals surface area contributed by atoms with Gasteiger partial charge < -0.3 is 4.74 Å². The minimum Gasteiger partial charge on any atom is -0.493 e. The van der Waals surface area contributed by atoms with Crippen molar-refractivity contribution in [1.29, 1.82) is 0 Å². The molecule has 0 N–H and O–H groups in total. The summed E-state index contributed by atoms with van der Waals surface area (Å²) in [7, 11) is 0. The average Bonchev–Trinajstić information content (AvgIpc) is 2.54. The van der Waals surface area contributed by atoms with E-state index in [4.69, 9.17) is 4.74 Å². The van der Waals surface area contributed by atoms with Crippen molar-refractivity contribution >= 4 is 0 Å². The molecule has 0 aliphatic rings. The maximum atomic E-state index is 5.97. The van der Waals surface area contributed by atoms with Crippen LogP contribution >= 0.6 is 0 Å². The summed E-state index contributed by atoms with van der Waals surface area (Å²) in [5, 5.41) is 0. The van der Waals surface area contributed by atoms with E-state index in [1.54, 1.807) is 0 Å². The molecule has 0 amide bonds. The van der Waals surface area contributed by atoms with Gasteiger partial charge in [-0.05, 0) is 49.3 Å². The lowest BCUT2D eigenvalue weighted by molar-refractivity contribution is 0.303. The summed E-state index contributed by atoms with van der Waals surface area (Å²) in [6.07, 6.45) is 7.01. The van der Waals surface area contributed by atoms with Gasteiger partial charge in [0.15, 0.2) is 0 Å². The first-order valence-corrected chi connectivity index (χ1v) is 8.15. The Hall–Kier alpha value is -1.76. The molecular weight excluding hydrogens is 256 g/mol. The van der Waals surface area contributed by atoms with E-state index in [0.29, 0.717) is 0 Å². The Morgan fingerprint density at radius 2 is 1.52 bits per heavy atom. The molecule has 2 aromatic carbocycles. The molecule has 0 fully saturated rings. The van der Waals surface area contributed by atoms with Gasteiger partial charge in [0.25, 0.3) is 0 Å². The van der Waals surface area contributed by atoms with Gasteiger partial charge in [-0.15, -0.1) is 0 Å². The molecule has 21 heavy (non-hydrogen) atoms. The minimum absolute atomic E-state index is 0.815. The third kappa shape index (κ3) is 5.63. The Morgan fingerprint density at radius 3 is 2.33 bits per heavy atom. The fourth-order valence-corrected chi connectivity index (χ4v) is 2.48. The number of unbranched alkanes of at least 4 members (excludes halogenated alkanes) is 2. The number of ether oxygens (including phenoxy) is 1. The molecule has 0 radical (unpaired) electrons. The zero-order valence-corrected chi connectivity index (χ0v) is 13.1. The molecule has 0 bridgehead atoms. The van der Waals surface area contributed by atoms with Crippen molar-refractivity contribution in [3.8, 4) is 5.75 Å². The number of benzene rings is 2. The minimum atomic E-state index is 0.815. The summed E-state index contributed by atoms with van der Waals surface area (Å²) in [5.41, 5.74) is 2.77. The van der Waals surface area contributed by atoms with Crippen molar-refractivity contribution in [3.63, 3.8) is 0 Å². The topological polar surface area (TPSA) is 9.23 Å². The molecule has 2 rings (SSSR count). The predicted molar refractivity (Wildman–Crippen MR) is 89.9 cm³/mol. The van der Waals surface area contributed by atoms with Crippen molar-refractivity contribution < 1.29 is 4.74 Å². The van der Waals surface area contributed by atoms with Crippen LogP contribution in [0.2, 0.25) is 0 Å². The third-order valence-electron chi connectivity index (χ3n) is 3.73. The highest BCUT2D eigenvalue weighted by Crippen LogP contribution is 2.20. The molecule has 0 saturated heterocycles. The lowest BCUT2D eigenvalue weighted by atomic mass is 10.1. The molecule has 0 aliphatic heterocycles. The third-order valence-corrected chi connectivity index (χ3v) is 3.73. The van der Waals surface area contributed by atoms with E-state index in [-0.39, 0.29) is 0 Å². The number of rotatable bonds is 9. The predicted octanol–water partition coefficient (Wildman–Crippen LogP) is 5.43. The lowest BCUT2D eigenvalue weighted by Gasteiger charge is -2.11. The van der Waals surface area contributed by atoms with Crippen molar-refractivity contribution in [3.05, 3.63) is 65.7 Å². The van der Waals surface area contributed by atoms with Gasteiger partial charge in [0, 0.05) is 0 Å². The van der Waals surface area contributed by atoms with Gasteiger partial charge in [-0.2, -0.15) is 0 Å². The molecule has 112 valence electrons. The molecular formula is C20H26O. The van der Waals surface area contributed by atoms with Gasteiger partial charge in [-0.1, -0.05) is 61.9 Å². The highest BCUT2D eigenvalue weighted by atomic mass is 16.5. The van der Waals surface area contributed by atoms with Crippen molar-refractivity contribution in [2.45, 2.75) is 45.4 Å². The largest absolute Gasteiger partial charge is 0.493 e. The molecule has 1 nitrogen and oxygen atoms in total. The van der Waals surface area contributed by atoms with E-state index < -0.39 is 0 Å². The summed E-state index contributed by atoms with van der Waals surface area (Å²) < 4.78 is 5.97. The van der Waals surface area contributed by atoms with Crippen LogP contribution in [0.25, 0.3) is 0 Å². The zero-order valence-electron chi connectivity index (χ0n) is 13.1. The summed E-state index contributed by atoms with van der Waals surface area (Å²) in [6, 6.07) is 19.1. The fraction of sp³-hybridized carbons (Fsp3) is 0.400. The number of hydrogen-bond acceptors (Lipinski definition) is 1. The number of para-hydroxylation sites is 1. The van der Waals surface area contributed by atoms with Crippen LogP contribution in [0.4, 0.5) is 0 Å². The average molecular weight is 282 g/mol. The summed E-state index contributed by atoms with van der Waals surface area (Å²) in [6.45, 7) is 3.04. The Balaban J connectivity index is 1.71. The van der Waals surface area contributed by atoms with Crippen LogP contribution in [0, 0.1) is 0 Å². The van der Waals surface area contributed by atoms with Crippen LogP contribution in [0.5, 0.6) is 5.75 Å². The SMILES string of the molecule is CCCCc1ccccc1OCCCCc1ccccc1. The molecule has 0 heterocycles. The molecule has 0 unspecified atom stereocenters. The van der Waals surface area contributed by atoms with Crippen LogP contribution < -0.4 is 4.74 Å². The van der Waals surface area contributed by atoms with Crippen molar-refractivity contribution in [1.82, 2.24) is 0 Å². The maximum absolute atomic E-state index is 5.97. The van der Waals surface area contributed by atoms with E-state index in [0.717, 1.165) is 31.6 Å². The van der Waals surface area contributed by atoms with Gasteiger partial charge in [0.05, 0.1) is 6.61 Å². The van der Waals surface area contributed by atoms with Crippen LogP contribution in [0.15, 0.2) is 54.6 Å². The molecule has 0 spiro atoms. The van der Waals surface area contributed by atoms with Gasteiger partial charge in [0.1, 0.15) is 5.75 Å². The number of aryl methyl sites for hydroxylation is 2. The van der Waals surface area contributed by atoms with Gasteiger partial charge in [0.2, 0.25) is 0 Å². The standard InChI is InChI=1S/C20H26O/c1-2-3-14-19-15-7-8-16-20(19)21-17-10-9-13-18-11-5-4-6-12-18/h4-8,11-12,15-16H,2-3,9-10,13-14,17H2,1H3. The Morgan fingerprint density at radius 1 is 0.762 bits per heavy atom. The molecule has 0 aliphatic carbocycles. The second-order valence-electron chi connectivity index (χ2n) is 5.50. The van der Waals surface area contributed by atoms with Crippen LogP contribution in [-0.4, -0.2) is 6.61 Å². The fourth-order valence-electron chi connectivity index (χ4n) is 2.48. The van der Waals surface area contributed by atoms with Crippen LogP contribution in [-0.2, 0) is 12.8 Å². The molecule has 1 heteroatoms. The normalized spacial score (nSPS) is 10.5. The van der Waals surface area contributed by atoms with Gasteiger partial charge in [-0.3, -0.25) is 0 Å². The summed E-state index contributed by atoms with van der Waals surface area (Å²) in [4.78, 5) is 0. The van der Waals surface area contributed by atoms with Crippen LogP contribution in [0.1, 0.15) is 43.7 Å². The van der Waals surface area contributed by atoms with Crippen LogP contribution in [0.3, 0.4) is 0 Å². The zero-order chi connectivity index (χ0) is 14.8. The maximum Gasteiger partial charge on any atom is 0.122 e. The van der Waals surface area contributed by atoms with Gasteiger partial charge in [-0.25, -0.2) is 0 Å². The first-order chi connectivity index (χ1) is 10.4. The summed E-state index contributed by atoms with van der Waals surface area (Å²) in [5.74, 6) is 1.07. The van der Waals surface area contributed by atoms with E-state index in [9.17, 15) is 0 Å². The molecule has 0 saturated carbocycles. The van der Waals surface area contributed by atoms with E-state index >= 15 is 0 Å². The summed E-state index contributed by atoms with van der Waals surface area (Å²) >= 11 is 0. The highest BCUT2D eigenvalue weighted by molar-refractivity contribution is 5.33. The quantitative estimate of drug-likeness (QED) is 0.557. The lowest BCUT2D eigenvalue weighted by Crippen LogP contribution is -2.01. The molecule has 0 aromatic heterocycles.